The summed E-state index contributed by atoms with van der Waals surface area (Å²) in [6.07, 6.45) is 0. The molecule has 0 amide bonds. The molecule has 0 fully saturated rings. The maximum atomic E-state index is 5.82. The van der Waals surface area contributed by atoms with Gasteiger partial charge in [0.25, 0.3) is 0 Å². The Morgan fingerprint density at radius 3 is 2.89 bits per heavy atom. The van der Waals surface area contributed by atoms with Gasteiger partial charge in [-0.05, 0) is 36.8 Å². The number of H-pyrrole nitrogens is 1. The number of nitrogen functional groups attached to an aromatic ring is 1. The summed E-state index contributed by atoms with van der Waals surface area (Å²) in [6.45, 7) is 2.43. The number of hydrogen-bond donors (Lipinski definition) is 2. The summed E-state index contributed by atoms with van der Waals surface area (Å²) in [5.74, 6) is 1.47. The average molecular weight is 253 g/mol. The molecule has 0 saturated heterocycles. The molecule has 3 rings (SSSR count). The fourth-order valence-electron chi connectivity index (χ4n) is 2.00. The average Bonchev–Trinajstić information content (AvgIpc) is 2.79. The summed E-state index contributed by atoms with van der Waals surface area (Å²) >= 11 is 0. The summed E-state index contributed by atoms with van der Waals surface area (Å²) < 4.78 is 5.66. The number of aryl methyl sites for hydroxylation is 1. The van der Waals surface area contributed by atoms with Crippen LogP contribution in [0.5, 0.6) is 5.75 Å². The van der Waals surface area contributed by atoms with Crippen LogP contribution in [-0.2, 0) is 6.61 Å². The number of nitrogens with one attached hydrogen (secondary N) is 1. The van der Waals surface area contributed by atoms with E-state index in [-0.39, 0.29) is 0 Å². The van der Waals surface area contributed by atoms with Crippen molar-refractivity contribution in [2.45, 2.75) is 13.5 Å². The molecule has 96 valence electrons. The van der Waals surface area contributed by atoms with Crippen LogP contribution in [0.25, 0.3) is 11.0 Å². The Kier molecular flexibility index (Phi) is 2.83. The van der Waals surface area contributed by atoms with E-state index in [1.54, 1.807) is 0 Å². The number of imidazole rings is 1. The van der Waals surface area contributed by atoms with Crippen molar-refractivity contribution < 1.29 is 4.74 Å². The minimum atomic E-state index is 0.377. The van der Waals surface area contributed by atoms with Gasteiger partial charge in [0, 0.05) is 0 Å². The number of benzene rings is 2. The van der Waals surface area contributed by atoms with Crippen molar-refractivity contribution in [3.05, 3.63) is 53.9 Å². The normalized spacial score (nSPS) is 10.8. The summed E-state index contributed by atoms with van der Waals surface area (Å²) in [5.41, 5.74) is 9.64. The minimum Gasteiger partial charge on any atom is -0.484 e. The van der Waals surface area contributed by atoms with Gasteiger partial charge < -0.3 is 15.5 Å². The van der Waals surface area contributed by atoms with Gasteiger partial charge in [-0.15, -0.1) is 0 Å². The third-order valence-corrected chi connectivity index (χ3v) is 2.97. The van der Waals surface area contributed by atoms with Crippen molar-refractivity contribution >= 4 is 16.7 Å². The molecule has 3 N–H and O–H groups in total. The number of hydrogen-bond acceptors (Lipinski definition) is 3. The Labute approximate surface area is 111 Å². The number of aromatic nitrogens is 2. The van der Waals surface area contributed by atoms with E-state index in [0.29, 0.717) is 18.0 Å². The van der Waals surface area contributed by atoms with Crippen LogP contribution >= 0.6 is 0 Å². The van der Waals surface area contributed by atoms with Crippen LogP contribution in [0.1, 0.15) is 11.4 Å². The standard InChI is InChI=1S/C15H15N3O/c1-10-6-7-12-13(8-10)18-15(17-12)9-19-14-5-3-2-4-11(14)16/h2-8H,9,16H2,1H3,(H,17,18). The zero-order valence-corrected chi connectivity index (χ0v) is 10.7. The van der Waals surface area contributed by atoms with Gasteiger partial charge >= 0.3 is 0 Å². The van der Waals surface area contributed by atoms with Crippen LogP contribution in [-0.4, -0.2) is 9.97 Å². The Bertz CT molecular complexity index is 718. The van der Waals surface area contributed by atoms with Gasteiger partial charge in [0.1, 0.15) is 18.2 Å². The molecular formula is C15H15N3O. The highest BCUT2D eigenvalue weighted by molar-refractivity contribution is 5.75. The van der Waals surface area contributed by atoms with E-state index in [4.69, 9.17) is 10.5 Å². The smallest absolute Gasteiger partial charge is 0.146 e. The monoisotopic (exact) mass is 253 g/mol. The minimum absolute atomic E-state index is 0.377. The Balaban J connectivity index is 1.80. The van der Waals surface area contributed by atoms with E-state index >= 15 is 0 Å². The summed E-state index contributed by atoms with van der Waals surface area (Å²) in [6, 6.07) is 13.6. The highest BCUT2D eigenvalue weighted by atomic mass is 16.5. The lowest BCUT2D eigenvalue weighted by Crippen LogP contribution is -1.99. The van der Waals surface area contributed by atoms with Crippen LogP contribution in [0, 0.1) is 6.92 Å². The van der Waals surface area contributed by atoms with E-state index < -0.39 is 0 Å². The molecule has 0 spiro atoms. The van der Waals surface area contributed by atoms with Crippen LogP contribution in [0.2, 0.25) is 0 Å². The Morgan fingerprint density at radius 2 is 2.05 bits per heavy atom. The van der Waals surface area contributed by atoms with E-state index in [0.717, 1.165) is 16.9 Å². The molecule has 0 atom stereocenters. The first kappa shape index (κ1) is 11.6. The second-order valence-electron chi connectivity index (χ2n) is 4.53. The van der Waals surface area contributed by atoms with Crippen LogP contribution in [0.3, 0.4) is 0 Å². The van der Waals surface area contributed by atoms with Crippen molar-refractivity contribution in [3.63, 3.8) is 0 Å². The zero-order chi connectivity index (χ0) is 13.2. The summed E-state index contributed by atoms with van der Waals surface area (Å²) in [7, 11) is 0. The molecule has 0 aliphatic heterocycles. The van der Waals surface area contributed by atoms with E-state index in [1.807, 2.05) is 36.4 Å². The molecule has 3 aromatic rings. The molecule has 0 saturated carbocycles. The summed E-state index contributed by atoms with van der Waals surface area (Å²) in [4.78, 5) is 7.73. The third-order valence-electron chi connectivity index (χ3n) is 2.97. The van der Waals surface area contributed by atoms with E-state index in [1.165, 1.54) is 5.56 Å². The first-order valence-corrected chi connectivity index (χ1v) is 6.15. The SMILES string of the molecule is Cc1ccc2nc(COc3ccccc3N)[nH]c2c1. The number of rotatable bonds is 3. The van der Waals surface area contributed by atoms with Gasteiger partial charge in [0.2, 0.25) is 0 Å². The quantitative estimate of drug-likeness (QED) is 0.705. The molecule has 1 aromatic heterocycles. The molecule has 0 radical (unpaired) electrons. The molecule has 0 aliphatic carbocycles. The van der Waals surface area contributed by atoms with Crippen molar-refractivity contribution in [1.29, 1.82) is 0 Å². The van der Waals surface area contributed by atoms with Gasteiger partial charge in [-0.1, -0.05) is 18.2 Å². The predicted octanol–water partition coefficient (Wildman–Crippen LogP) is 3.03. The number of nitrogens with zero attached hydrogens (tertiary/aromatic N) is 1. The number of aromatic amines is 1. The molecule has 0 bridgehead atoms. The lowest BCUT2D eigenvalue weighted by atomic mass is 10.2. The second-order valence-corrected chi connectivity index (χ2v) is 4.53. The topological polar surface area (TPSA) is 63.9 Å². The first-order valence-electron chi connectivity index (χ1n) is 6.15. The van der Waals surface area contributed by atoms with Crippen molar-refractivity contribution in [1.82, 2.24) is 9.97 Å². The van der Waals surface area contributed by atoms with E-state index in [9.17, 15) is 0 Å². The highest BCUT2D eigenvalue weighted by Gasteiger charge is 2.05. The number of nitrogens with two attached hydrogens (primary N) is 1. The van der Waals surface area contributed by atoms with Crippen molar-refractivity contribution in [2.75, 3.05) is 5.73 Å². The lowest BCUT2D eigenvalue weighted by Gasteiger charge is -2.06. The van der Waals surface area contributed by atoms with Crippen molar-refractivity contribution in [2.24, 2.45) is 0 Å². The highest BCUT2D eigenvalue weighted by Crippen LogP contribution is 2.21. The Hall–Kier alpha value is -2.49. The molecule has 4 nitrogen and oxygen atoms in total. The maximum Gasteiger partial charge on any atom is 0.146 e. The first-order chi connectivity index (χ1) is 9.22. The molecule has 0 unspecified atom stereocenters. The van der Waals surface area contributed by atoms with E-state index in [2.05, 4.69) is 23.0 Å². The number of anilines is 1. The number of fused-ring (bicyclic) bond motifs is 1. The molecular weight excluding hydrogens is 238 g/mol. The third kappa shape index (κ3) is 2.38. The number of para-hydroxylation sites is 2. The lowest BCUT2D eigenvalue weighted by molar-refractivity contribution is 0.299. The van der Waals surface area contributed by atoms with Gasteiger partial charge in [-0.25, -0.2) is 4.98 Å². The summed E-state index contributed by atoms with van der Waals surface area (Å²) in [5, 5.41) is 0. The number of ether oxygens (including phenoxy) is 1. The molecule has 2 aromatic carbocycles. The molecule has 19 heavy (non-hydrogen) atoms. The van der Waals surface area contributed by atoms with Crippen LogP contribution < -0.4 is 10.5 Å². The molecule has 4 heteroatoms. The Morgan fingerprint density at radius 1 is 1.21 bits per heavy atom. The fraction of sp³-hybridized carbons (Fsp3) is 0.133. The predicted molar refractivity (Wildman–Crippen MR) is 76.0 cm³/mol. The molecule has 0 aliphatic rings. The van der Waals surface area contributed by atoms with Gasteiger partial charge in [-0.2, -0.15) is 0 Å². The largest absolute Gasteiger partial charge is 0.484 e. The van der Waals surface area contributed by atoms with Crippen LogP contribution in [0.4, 0.5) is 5.69 Å². The second kappa shape index (κ2) is 4.65. The fourth-order valence-corrected chi connectivity index (χ4v) is 2.00. The zero-order valence-electron chi connectivity index (χ0n) is 10.7. The maximum absolute atomic E-state index is 5.82. The van der Waals surface area contributed by atoms with Gasteiger partial charge in [-0.3, -0.25) is 0 Å². The van der Waals surface area contributed by atoms with Gasteiger partial charge in [0.05, 0.1) is 16.7 Å². The van der Waals surface area contributed by atoms with Crippen molar-refractivity contribution in [3.8, 4) is 5.75 Å². The van der Waals surface area contributed by atoms with Gasteiger partial charge in [0.15, 0.2) is 0 Å². The van der Waals surface area contributed by atoms with Crippen LogP contribution in [0.15, 0.2) is 42.5 Å². The molecule has 1 heterocycles.